The predicted octanol–water partition coefficient (Wildman–Crippen LogP) is 4.62. The normalized spacial score (nSPS) is 12.8. The quantitative estimate of drug-likeness (QED) is 0.574. The molecule has 1 aromatic carbocycles. The summed E-state index contributed by atoms with van der Waals surface area (Å²) in [5.41, 5.74) is 2.51. The molecule has 0 spiro atoms. The van der Waals surface area contributed by atoms with Gasteiger partial charge < -0.3 is 20.1 Å². The fraction of sp³-hybridized carbons (Fsp3) is 0.368. The Balaban J connectivity index is 1.82. The first-order valence-corrected chi connectivity index (χ1v) is 9.89. The Kier molecular flexibility index (Phi) is 6.11. The molecule has 0 amide bonds. The van der Waals surface area contributed by atoms with E-state index in [1.54, 1.807) is 11.3 Å². The molecular formula is C19H22N2O3S2. The van der Waals surface area contributed by atoms with Gasteiger partial charge in [0.25, 0.3) is 0 Å². The number of rotatable bonds is 5. The van der Waals surface area contributed by atoms with Crippen molar-refractivity contribution in [2.24, 2.45) is 0 Å². The van der Waals surface area contributed by atoms with E-state index in [0.717, 1.165) is 47.7 Å². The van der Waals surface area contributed by atoms with Crippen LogP contribution in [0, 0.1) is 0 Å². The van der Waals surface area contributed by atoms with E-state index in [9.17, 15) is 4.79 Å². The summed E-state index contributed by atoms with van der Waals surface area (Å²) in [7, 11) is 1.41. The number of carbonyl (C=O) groups excluding carboxylic acids is 1. The second kappa shape index (κ2) is 8.51. The van der Waals surface area contributed by atoms with E-state index in [1.165, 1.54) is 12.0 Å². The number of fused-ring (bicyclic) bond motifs is 1. The summed E-state index contributed by atoms with van der Waals surface area (Å²) in [5, 5.41) is 7.50. The molecule has 0 aliphatic heterocycles. The summed E-state index contributed by atoms with van der Waals surface area (Å²) in [6.45, 7) is 2.51. The third-order valence-corrected chi connectivity index (χ3v) is 5.63. The summed E-state index contributed by atoms with van der Waals surface area (Å²) >= 11 is 7.05. The number of thiocarbonyl (C=S) groups is 1. The molecule has 0 fully saturated rings. The topological polar surface area (TPSA) is 59.6 Å². The van der Waals surface area contributed by atoms with Crippen molar-refractivity contribution in [2.75, 3.05) is 24.4 Å². The third-order valence-electron chi connectivity index (χ3n) is 4.22. The number of thiophene rings is 1. The van der Waals surface area contributed by atoms with Gasteiger partial charge >= 0.3 is 5.97 Å². The molecule has 0 radical (unpaired) electrons. The largest absolute Gasteiger partial charge is 0.492 e. The maximum Gasteiger partial charge on any atom is 0.341 e. The molecule has 2 N–H and O–H groups in total. The molecule has 7 heteroatoms. The van der Waals surface area contributed by atoms with Gasteiger partial charge in [-0.1, -0.05) is 12.1 Å². The molecule has 0 atom stereocenters. The molecule has 3 rings (SSSR count). The van der Waals surface area contributed by atoms with Crippen LogP contribution >= 0.6 is 23.6 Å². The number of hydrogen-bond donors (Lipinski definition) is 2. The number of ether oxygens (including phenoxy) is 2. The number of anilines is 2. The van der Waals surface area contributed by atoms with E-state index in [2.05, 4.69) is 10.6 Å². The van der Waals surface area contributed by atoms with Gasteiger partial charge in [-0.05, 0) is 62.5 Å². The van der Waals surface area contributed by atoms with Crippen LogP contribution in [-0.4, -0.2) is 24.8 Å². The molecule has 2 aromatic rings. The van der Waals surface area contributed by atoms with Gasteiger partial charge in [-0.2, -0.15) is 0 Å². The fourth-order valence-electron chi connectivity index (χ4n) is 3.08. The van der Waals surface area contributed by atoms with Crippen LogP contribution in [0.15, 0.2) is 24.3 Å². The number of hydrogen-bond acceptors (Lipinski definition) is 5. The Hall–Kier alpha value is -2.12. The first-order chi connectivity index (χ1) is 12.6. The highest BCUT2D eigenvalue weighted by atomic mass is 32.1. The molecule has 0 unspecified atom stereocenters. The number of methoxy groups -OCH3 is 1. The van der Waals surface area contributed by atoms with Crippen molar-refractivity contribution in [2.45, 2.75) is 32.6 Å². The van der Waals surface area contributed by atoms with Crippen molar-refractivity contribution in [1.82, 2.24) is 0 Å². The number of benzene rings is 1. The summed E-state index contributed by atoms with van der Waals surface area (Å²) in [4.78, 5) is 13.6. The Labute approximate surface area is 162 Å². The highest BCUT2D eigenvalue weighted by Gasteiger charge is 2.26. The Morgan fingerprint density at radius 1 is 1.23 bits per heavy atom. The van der Waals surface area contributed by atoms with Crippen LogP contribution in [0.2, 0.25) is 0 Å². The average molecular weight is 391 g/mol. The van der Waals surface area contributed by atoms with Gasteiger partial charge in [-0.25, -0.2) is 4.79 Å². The minimum atomic E-state index is -0.315. The zero-order valence-corrected chi connectivity index (χ0v) is 16.5. The summed E-state index contributed by atoms with van der Waals surface area (Å²) in [6, 6.07) is 7.62. The minimum Gasteiger partial charge on any atom is -0.492 e. The van der Waals surface area contributed by atoms with E-state index in [-0.39, 0.29) is 5.97 Å². The zero-order chi connectivity index (χ0) is 18.5. The van der Waals surface area contributed by atoms with Gasteiger partial charge in [-0.3, -0.25) is 0 Å². The second-order valence-electron chi connectivity index (χ2n) is 5.91. The van der Waals surface area contributed by atoms with Gasteiger partial charge in [0.15, 0.2) is 5.11 Å². The Morgan fingerprint density at radius 3 is 2.77 bits per heavy atom. The maximum absolute atomic E-state index is 12.3. The van der Waals surface area contributed by atoms with Crippen LogP contribution in [0.5, 0.6) is 5.75 Å². The molecule has 1 aliphatic rings. The fourth-order valence-corrected chi connectivity index (χ4v) is 4.64. The van der Waals surface area contributed by atoms with Crippen LogP contribution in [0.1, 0.15) is 40.6 Å². The monoisotopic (exact) mass is 390 g/mol. The van der Waals surface area contributed by atoms with Crippen molar-refractivity contribution in [3.8, 4) is 5.75 Å². The highest BCUT2D eigenvalue weighted by molar-refractivity contribution is 7.80. The van der Waals surface area contributed by atoms with E-state index in [4.69, 9.17) is 21.7 Å². The summed E-state index contributed by atoms with van der Waals surface area (Å²) in [6.07, 6.45) is 4.15. The van der Waals surface area contributed by atoms with E-state index >= 15 is 0 Å². The summed E-state index contributed by atoms with van der Waals surface area (Å²) < 4.78 is 10.6. The SMILES string of the molecule is CCOc1ccccc1NC(=S)Nc1sc2c(c1C(=O)OC)CCCC2. The average Bonchev–Trinajstić information content (AvgIpc) is 3.00. The van der Waals surface area contributed by atoms with Gasteiger partial charge in [0.2, 0.25) is 0 Å². The number of carbonyl (C=O) groups is 1. The van der Waals surface area contributed by atoms with E-state index in [1.807, 2.05) is 31.2 Å². The Morgan fingerprint density at radius 2 is 2.00 bits per heavy atom. The lowest BCUT2D eigenvalue weighted by atomic mass is 9.95. The lowest BCUT2D eigenvalue weighted by Crippen LogP contribution is -2.20. The van der Waals surface area contributed by atoms with Crippen LogP contribution in [0.4, 0.5) is 10.7 Å². The van der Waals surface area contributed by atoms with Crippen molar-refractivity contribution < 1.29 is 14.3 Å². The summed E-state index contributed by atoms with van der Waals surface area (Å²) in [5.74, 6) is 0.419. The zero-order valence-electron chi connectivity index (χ0n) is 14.9. The number of aryl methyl sites for hydroxylation is 1. The van der Waals surface area contributed by atoms with E-state index in [0.29, 0.717) is 17.3 Å². The molecule has 1 aliphatic carbocycles. The van der Waals surface area contributed by atoms with Crippen LogP contribution in [0.25, 0.3) is 0 Å². The van der Waals surface area contributed by atoms with Crippen molar-refractivity contribution in [1.29, 1.82) is 0 Å². The first-order valence-electron chi connectivity index (χ1n) is 8.66. The van der Waals surface area contributed by atoms with E-state index < -0.39 is 0 Å². The standard InChI is InChI=1S/C19H22N2O3S2/c1-3-24-14-10-6-5-9-13(14)20-19(25)21-17-16(18(22)23-2)12-8-4-7-11-15(12)26-17/h5-6,9-10H,3-4,7-8,11H2,1-2H3,(H2,20,21,25). The van der Waals surface area contributed by atoms with Gasteiger partial charge in [0, 0.05) is 4.88 Å². The Bertz CT molecular complexity index is 817. The second-order valence-corrected chi connectivity index (χ2v) is 7.43. The molecule has 26 heavy (non-hydrogen) atoms. The van der Waals surface area contributed by atoms with Crippen LogP contribution < -0.4 is 15.4 Å². The molecular weight excluding hydrogens is 368 g/mol. The molecule has 0 bridgehead atoms. The third kappa shape index (κ3) is 3.99. The molecule has 138 valence electrons. The smallest absolute Gasteiger partial charge is 0.341 e. The van der Waals surface area contributed by atoms with Crippen molar-refractivity contribution in [3.63, 3.8) is 0 Å². The predicted molar refractivity (Wildman–Crippen MR) is 110 cm³/mol. The van der Waals surface area contributed by atoms with Crippen molar-refractivity contribution in [3.05, 3.63) is 40.3 Å². The molecule has 1 aromatic heterocycles. The number of esters is 1. The highest BCUT2D eigenvalue weighted by Crippen LogP contribution is 2.38. The molecule has 0 saturated heterocycles. The van der Waals surface area contributed by atoms with Gasteiger partial charge in [0.05, 0.1) is 25.0 Å². The van der Waals surface area contributed by atoms with Crippen molar-refractivity contribution >= 4 is 45.3 Å². The number of para-hydroxylation sites is 2. The van der Waals surface area contributed by atoms with Gasteiger partial charge in [0.1, 0.15) is 10.8 Å². The van der Waals surface area contributed by atoms with Crippen LogP contribution in [0.3, 0.4) is 0 Å². The van der Waals surface area contributed by atoms with Gasteiger partial charge in [-0.15, -0.1) is 11.3 Å². The maximum atomic E-state index is 12.3. The molecule has 0 saturated carbocycles. The molecule has 5 nitrogen and oxygen atoms in total. The lowest BCUT2D eigenvalue weighted by Gasteiger charge is -2.14. The lowest BCUT2D eigenvalue weighted by molar-refractivity contribution is 0.0601. The first kappa shape index (κ1) is 18.7. The van der Waals surface area contributed by atoms with Crippen LogP contribution in [-0.2, 0) is 17.6 Å². The molecule has 1 heterocycles. The minimum absolute atomic E-state index is 0.315. The number of nitrogens with one attached hydrogen (secondary N) is 2.